The molecular formula is C108H84N8O4+4. The highest BCUT2D eigenvalue weighted by Gasteiger charge is 2.30. The third-order valence-corrected chi connectivity index (χ3v) is 24.9. The smallest absolute Gasteiger partial charge is 0.228 e. The van der Waals surface area contributed by atoms with Gasteiger partial charge in [-0.1, -0.05) is 194 Å². The average Bonchev–Trinajstić information content (AvgIpc) is 1.56. The zero-order valence-corrected chi connectivity index (χ0v) is 68.9. The normalized spacial score (nSPS) is 11.8. The van der Waals surface area contributed by atoms with Crippen LogP contribution in [0, 0.1) is 55.4 Å². The van der Waals surface area contributed by atoms with Gasteiger partial charge in [0.05, 0.1) is 43.8 Å². The molecule has 0 atom stereocenters. The van der Waals surface area contributed by atoms with Crippen molar-refractivity contribution in [3.63, 3.8) is 0 Å². The highest BCUT2D eigenvalue weighted by atomic mass is 16.4. The van der Waals surface area contributed by atoms with E-state index in [0.29, 0.717) is 22.9 Å². The molecule has 0 aliphatic heterocycles. The van der Waals surface area contributed by atoms with Crippen LogP contribution in [0.5, 0.6) is 0 Å². The first-order chi connectivity index (χ1) is 58.5. The number of aromatic nitrogens is 8. The van der Waals surface area contributed by atoms with Gasteiger partial charge in [0.15, 0.2) is 34.7 Å². The molecule has 24 aromatic rings. The van der Waals surface area contributed by atoms with Gasteiger partial charge in [-0.25, -0.2) is 29.1 Å². The minimum absolute atomic E-state index is 0.689. The van der Waals surface area contributed by atoms with Gasteiger partial charge in [0, 0.05) is 125 Å². The van der Waals surface area contributed by atoms with Crippen molar-refractivity contribution >= 4 is 175 Å². The Morgan fingerprint density at radius 3 is 1.10 bits per heavy atom. The lowest BCUT2D eigenvalue weighted by atomic mass is 9.94. The molecule has 0 fully saturated rings. The standard InChI is InChI=1S/C29H25N2O.C27H21N2O.2C26H19N2O/c1-16-14-23-27-22-12-7-6-11-21(22)19(4)30-29(27)32-28(23)26(18(16)3)25-15-17(2)20-10-8-9-13-24(20)31(25)5;1-16-12-13-22-25-21-11-7-6-10-20(21)17(2)28-27(25)30-26(22)24(16)23-14-18-8-4-5-9-19(18)15-29(23)3;1-16-11-13-20-24-19-9-5-3-8-18(19)15-27-26(24)29-25(20)23(16)22-14-12-17-7-4-6-10-21(17)28(22)2;1-16-11-12-21-24-20-10-6-5-8-18(20)14-27-26(24)29-25(21)23(16)22-13-17-7-3-4-9-19(17)15-28(22)2/h6-15H,1-5H3;4-15H,1-3H3;2*3-15H,1-2H3/q4*+1. The van der Waals surface area contributed by atoms with E-state index in [9.17, 15) is 0 Å². The van der Waals surface area contributed by atoms with E-state index in [4.69, 9.17) is 27.6 Å². The first-order valence-corrected chi connectivity index (χ1v) is 40.9. The van der Waals surface area contributed by atoms with E-state index >= 15 is 0 Å². The quantitative estimate of drug-likeness (QED) is 0.160. The molecule has 576 valence electrons. The Hall–Kier alpha value is -14.9. The van der Waals surface area contributed by atoms with Crippen molar-refractivity contribution in [2.45, 2.75) is 55.4 Å². The molecule has 0 spiro atoms. The zero-order valence-electron chi connectivity index (χ0n) is 68.9. The molecule has 0 radical (unpaired) electrons. The van der Waals surface area contributed by atoms with Crippen LogP contribution in [-0.2, 0) is 28.2 Å². The second-order valence-corrected chi connectivity index (χ2v) is 32.2. The molecule has 0 saturated carbocycles. The van der Waals surface area contributed by atoms with E-state index in [1.54, 1.807) is 0 Å². The number of furan rings is 4. The summed E-state index contributed by atoms with van der Waals surface area (Å²) < 4.78 is 34.6. The summed E-state index contributed by atoms with van der Waals surface area (Å²) in [6.07, 6.45) is 8.15. The maximum absolute atomic E-state index is 6.55. The molecule has 0 N–H and O–H groups in total. The first-order valence-electron chi connectivity index (χ1n) is 40.9. The molecule has 0 aliphatic rings. The van der Waals surface area contributed by atoms with Crippen molar-refractivity contribution < 1.29 is 35.9 Å². The van der Waals surface area contributed by atoms with Crippen molar-refractivity contribution in [1.29, 1.82) is 0 Å². The molecule has 0 aliphatic carbocycles. The highest BCUT2D eigenvalue weighted by molar-refractivity contribution is 6.24. The SMILES string of the molecule is Cc1cc2c(oc3nc(C)c4ccccc4c32)c(-c2cc(C)c3ccccc3[n+]2C)c1C.Cc1ccc2c(oc3nc(C)c4ccccc4c32)c1-c1cc2ccccc2c[n+]1C.Cc1ccc2c(oc3ncc4ccccc4c32)c1-c1cc2ccccc2c[n+]1C.Cc1ccc2c(oc3ncc4ccccc4c32)c1-c1ccc2ccccc2[n+]1C. The number of benzene rings is 12. The molecule has 0 unspecified atom stereocenters. The van der Waals surface area contributed by atoms with Gasteiger partial charge in [-0.05, 0) is 157 Å². The fourth-order valence-electron chi connectivity index (χ4n) is 18.7. The van der Waals surface area contributed by atoms with E-state index < -0.39 is 0 Å². The number of aryl methyl sites for hydroxylation is 11. The highest BCUT2D eigenvalue weighted by Crippen LogP contribution is 2.46. The fraction of sp³-hybridized carbons (Fsp3) is 0.111. The molecule has 0 bridgehead atoms. The molecule has 24 rings (SSSR count). The summed E-state index contributed by atoms with van der Waals surface area (Å²) in [5.41, 5.74) is 27.2. The van der Waals surface area contributed by atoms with E-state index in [2.05, 4.69) is 372 Å². The Bertz CT molecular complexity index is 8310. The van der Waals surface area contributed by atoms with E-state index in [1.165, 1.54) is 109 Å². The lowest BCUT2D eigenvalue weighted by Crippen LogP contribution is -2.32. The van der Waals surface area contributed by atoms with Crippen LogP contribution in [0.1, 0.15) is 44.8 Å². The maximum atomic E-state index is 6.55. The number of hydrogen-bond acceptors (Lipinski definition) is 8. The summed E-state index contributed by atoms with van der Waals surface area (Å²) in [4.78, 5) is 18.9. The van der Waals surface area contributed by atoms with Crippen LogP contribution in [-0.4, -0.2) is 19.9 Å². The monoisotopic (exact) mass is 1560 g/mol. The number of para-hydroxylation sites is 2. The molecule has 12 heterocycles. The molecule has 120 heavy (non-hydrogen) atoms. The van der Waals surface area contributed by atoms with Crippen LogP contribution < -0.4 is 18.3 Å². The summed E-state index contributed by atoms with van der Waals surface area (Å²) >= 11 is 0. The molecule has 12 heteroatoms. The van der Waals surface area contributed by atoms with Crippen molar-refractivity contribution in [3.8, 4) is 45.0 Å². The van der Waals surface area contributed by atoms with Gasteiger partial charge in [-0.3, -0.25) is 0 Å². The molecule has 12 aromatic carbocycles. The summed E-state index contributed by atoms with van der Waals surface area (Å²) in [5.74, 6) is 0. The van der Waals surface area contributed by atoms with Gasteiger partial charge in [0.25, 0.3) is 0 Å². The summed E-state index contributed by atoms with van der Waals surface area (Å²) in [6, 6.07) is 94.0. The van der Waals surface area contributed by atoms with Gasteiger partial charge in [-0.15, -0.1) is 0 Å². The van der Waals surface area contributed by atoms with Gasteiger partial charge in [-0.2, -0.15) is 9.13 Å². The lowest BCUT2D eigenvalue weighted by Gasteiger charge is -2.11. The number of rotatable bonds is 4. The molecule has 12 aromatic heterocycles. The maximum Gasteiger partial charge on any atom is 0.228 e. The van der Waals surface area contributed by atoms with Crippen molar-refractivity contribution in [3.05, 3.63) is 336 Å². The molecule has 12 nitrogen and oxygen atoms in total. The van der Waals surface area contributed by atoms with Crippen LogP contribution in [0.2, 0.25) is 0 Å². The summed E-state index contributed by atoms with van der Waals surface area (Å²) in [7, 11) is 8.45. The van der Waals surface area contributed by atoms with Crippen molar-refractivity contribution in [1.82, 2.24) is 19.9 Å². The van der Waals surface area contributed by atoms with Crippen molar-refractivity contribution in [2.24, 2.45) is 28.2 Å². The van der Waals surface area contributed by atoms with Crippen LogP contribution >= 0.6 is 0 Å². The lowest BCUT2D eigenvalue weighted by molar-refractivity contribution is -0.659. The van der Waals surface area contributed by atoms with Crippen LogP contribution in [0.15, 0.2) is 309 Å². The molecule has 0 saturated heterocycles. The van der Waals surface area contributed by atoms with Gasteiger partial charge < -0.3 is 17.7 Å². The summed E-state index contributed by atoms with van der Waals surface area (Å²) in [5, 5.41) is 25.5. The van der Waals surface area contributed by atoms with Gasteiger partial charge in [0.2, 0.25) is 56.7 Å². The predicted octanol–water partition coefficient (Wildman–Crippen LogP) is 25.6. The Kier molecular flexibility index (Phi) is 17.3. The van der Waals surface area contributed by atoms with E-state index in [-0.39, 0.29) is 0 Å². The van der Waals surface area contributed by atoms with Crippen LogP contribution in [0.3, 0.4) is 0 Å². The number of nitrogens with zero attached hydrogens (tertiary/aromatic N) is 8. The Labute approximate surface area is 691 Å². The Morgan fingerprint density at radius 2 is 0.608 bits per heavy atom. The summed E-state index contributed by atoms with van der Waals surface area (Å²) in [6.45, 7) is 17.1. The fourth-order valence-corrected chi connectivity index (χ4v) is 18.7. The predicted molar refractivity (Wildman–Crippen MR) is 490 cm³/mol. The minimum atomic E-state index is 0.689. The topological polar surface area (TPSA) is 120 Å². The van der Waals surface area contributed by atoms with Crippen LogP contribution in [0.4, 0.5) is 0 Å². The van der Waals surface area contributed by atoms with Crippen LogP contribution in [0.25, 0.3) is 220 Å². The number of hydrogen-bond donors (Lipinski definition) is 0. The molecule has 0 amide bonds. The van der Waals surface area contributed by atoms with Gasteiger partial charge >= 0.3 is 0 Å². The largest absolute Gasteiger partial charge is 0.437 e. The number of fused-ring (bicyclic) bond motifs is 24. The average molecular weight is 1560 g/mol. The first kappa shape index (κ1) is 72.8. The van der Waals surface area contributed by atoms with Crippen molar-refractivity contribution in [2.75, 3.05) is 0 Å². The zero-order chi connectivity index (χ0) is 81.6. The Balaban J connectivity index is 0.0000000991. The third-order valence-electron chi connectivity index (χ3n) is 24.9. The number of pyridine rings is 8. The minimum Gasteiger partial charge on any atom is -0.437 e. The van der Waals surface area contributed by atoms with Gasteiger partial charge in [0.1, 0.15) is 28.2 Å². The van der Waals surface area contributed by atoms with E-state index in [1.807, 2.05) is 31.5 Å². The third kappa shape index (κ3) is 11.7. The second-order valence-electron chi connectivity index (χ2n) is 32.2. The Morgan fingerprint density at radius 1 is 0.242 bits per heavy atom. The van der Waals surface area contributed by atoms with E-state index in [0.717, 1.165) is 133 Å². The molecular weight excluding hydrogens is 1470 g/mol. The second kappa shape index (κ2) is 28.5.